The Morgan fingerprint density at radius 3 is 2.19 bits per heavy atom. The zero-order valence-corrected chi connectivity index (χ0v) is 19.6. The minimum Gasteiger partial charge on any atom is -0.457 e. The zero-order valence-electron chi connectivity index (χ0n) is 19.6. The van der Waals surface area contributed by atoms with Gasteiger partial charge in [-0.15, -0.1) is 0 Å². The molecule has 0 aromatic heterocycles. The Balaban J connectivity index is 1.49. The molecule has 1 aliphatic heterocycles. The third-order valence-electron chi connectivity index (χ3n) is 5.48. The Morgan fingerprint density at radius 2 is 1.50 bits per heavy atom. The fourth-order valence-corrected chi connectivity index (χ4v) is 3.88. The van der Waals surface area contributed by atoms with Crippen molar-refractivity contribution in [1.29, 1.82) is 0 Å². The van der Waals surface area contributed by atoms with Gasteiger partial charge in [0.1, 0.15) is 23.0 Å². The molecule has 0 spiro atoms. The molecule has 0 bridgehead atoms. The average molecular weight is 474 g/mol. The van der Waals surface area contributed by atoms with Crippen LogP contribution in [0.15, 0.2) is 120 Å². The van der Waals surface area contributed by atoms with Gasteiger partial charge in [-0.25, -0.2) is 4.99 Å². The van der Waals surface area contributed by atoms with Crippen LogP contribution in [0.3, 0.4) is 0 Å². The summed E-state index contributed by atoms with van der Waals surface area (Å²) in [4.78, 5) is 31.3. The Bertz CT molecular complexity index is 1460. The van der Waals surface area contributed by atoms with Crippen LogP contribution in [0.4, 0.5) is 11.4 Å². The number of amides is 2. The monoisotopic (exact) mass is 473 g/mol. The molecule has 0 unspecified atom stereocenters. The first-order chi connectivity index (χ1) is 17.6. The lowest BCUT2D eigenvalue weighted by molar-refractivity contribution is -0.114. The lowest BCUT2D eigenvalue weighted by Gasteiger charge is -2.19. The number of nitrogens with one attached hydrogen (secondary N) is 1. The van der Waals surface area contributed by atoms with E-state index in [-0.39, 0.29) is 11.8 Å². The quantitative estimate of drug-likeness (QED) is 0.336. The molecule has 4 aromatic carbocycles. The SMILES string of the molecule is CC(=O)Nc1ccc(N2C(=O)C(=Cc3cccc(Oc4ccccc4)c3)N=C2c2ccccc2)cc1. The van der Waals surface area contributed by atoms with Crippen LogP contribution in [0.25, 0.3) is 6.08 Å². The third-order valence-corrected chi connectivity index (χ3v) is 5.48. The summed E-state index contributed by atoms with van der Waals surface area (Å²) < 4.78 is 5.94. The van der Waals surface area contributed by atoms with E-state index >= 15 is 0 Å². The molecule has 1 N–H and O–H groups in total. The number of nitrogens with zero attached hydrogens (tertiary/aromatic N) is 2. The molecule has 2 amide bonds. The summed E-state index contributed by atoms with van der Waals surface area (Å²) in [5, 5.41) is 2.74. The fraction of sp³-hybridized carbons (Fsp3) is 0.0333. The first-order valence-electron chi connectivity index (χ1n) is 11.5. The van der Waals surface area contributed by atoms with Gasteiger partial charge in [-0.05, 0) is 60.2 Å². The van der Waals surface area contributed by atoms with Gasteiger partial charge >= 0.3 is 0 Å². The molecule has 0 saturated heterocycles. The number of benzene rings is 4. The van der Waals surface area contributed by atoms with Crippen LogP contribution in [0.5, 0.6) is 11.5 Å². The number of hydrogen-bond acceptors (Lipinski definition) is 4. The molecule has 1 heterocycles. The first kappa shape index (κ1) is 22.8. The van der Waals surface area contributed by atoms with E-state index in [2.05, 4.69) is 5.32 Å². The normalized spacial score (nSPS) is 14.0. The Hall–Kier alpha value is -4.97. The number of ether oxygens (including phenoxy) is 1. The van der Waals surface area contributed by atoms with Crippen molar-refractivity contribution in [1.82, 2.24) is 0 Å². The van der Waals surface area contributed by atoms with Gasteiger partial charge in [0.25, 0.3) is 5.91 Å². The molecule has 36 heavy (non-hydrogen) atoms. The van der Waals surface area contributed by atoms with Crippen LogP contribution < -0.4 is 15.0 Å². The first-order valence-corrected chi connectivity index (χ1v) is 11.5. The van der Waals surface area contributed by atoms with E-state index in [1.807, 2.05) is 84.9 Å². The molecule has 5 rings (SSSR count). The largest absolute Gasteiger partial charge is 0.457 e. The van der Waals surface area contributed by atoms with Crippen LogP contribution in [-0.4, -0.2) is 17.6 Å². The van der Waals surface area contributed by atoms with Gasteiger partial charge in [-0.3, -0.25) is 14.5 Å². The number of hydrogen-bond donors (Lipinski definition) is 1. The maximum atomic E-state index is 13.6. The predicted molar refractivity (Wildman–Crippen MR) is 142 cm³/mol. The molecular formula is C30H23N3O3. The summed E-state index contributed by atoms with van der Waals surface area (Å²) >= 11 is 0. The molecule has 0 radical (unpaired) electrons. The highest BCUT2D eigenvalue weighted by molar-refractivity contribution is 6.33. The van der Waals surface area contributed by atoms with Crippen LogP contribution in [0, 0.1) is 0 Å². The number of carbonyl (C=O) groups excluding carboxylic acids is 2. The summed E-state index contributed by atoms with van der Waals surface area (Å²) in [7, 11) is 0. The smallest absolute Gasteiger partial charge is 0.282 e. The van der Waals surface area contributed by atoms with E-state index in [0.29, 0.717) is 28.7 Å². The summed E-state index contributed by atoms with van der Waals surface area (Å²) in [5.74, 6) is 1.54. The molecule has 0 atom stereocenters. The number of anilines is 2. The maximum Gasteiger partial charge on any atom is 0.282 e. The minimum absolute atomic E-state index is 0.157. The van der Waals surface area contributed by atoms with E-state index < -0.39 is 0 Å². The lowest BCUT2D eigenvalue weighted by Crippen LogP contribution is -2.32. The maximum absolute atomic E-state index is 13.6. The predicted octanol–water partition coefficient (Wildman–Crippen LogP) is 6.27. The number of rotatable bonds is 6. The van der Waals surface area contributed by atoms with E-state index in [4.69, 9.17) is 9.73 Å². The topological polar surface area (TPSA) is 71.0 Å². The Kier molecular flexibility index (Phi) is 6.40. The molecule has 176 valence electrons. The molecule has 1 aliphatic rings. The molecular weight excluding hydrogens is 450 g/mol. The lowest BCUT2D eigenvalue weighted by atomic mass is 10.1. The highest BCUT2D eigenvalue weighted by Gasteiger charge is 2.32. The Morgan fingerprint density at radius 1 is 0.833 bits per heavy atom. The van der Waals surface area contributed by atoms with E-state index in [1.54, 1.807) is 35.2 Å². The minimum atomic E-state index is -0.240. The highest BCUT2D eigenvalue weighted by atomic mass is 16.5. The van der Waals surface area contributed by atoms with Gasteiger partial charge < -0.3 is 10.1 Å². The second-order valence-electron chi connectivity index (χ2n) is 8.19. The van der Waals surface area contributed by atoms with Crippen LogP contribution in [0.1, 0.15) is 18.1 Å². The molecule has 0 saturated carbocycles. The Labute approximate surface area is 209 Å². The van der Waals surface area contributed by atoms with Crippen molar-refractivity contribution in [3.05, 3.63) is 126 Å². The van der Waals surface area contributed by atoms with Crippen molar-refractivity contribution in [2.45, 2.75) is 6.92 Å². The fourth-order valence-electron chi connectivity index (χ4n) is 3.88. The van der Waals surface area contributed by atoms with Gasteiger partial charge in [-0.2, -0.15) is 0 Å². The van der Waals surface area contributed by atoms with Crippen molar-refractivity contribution in [3.8, 4) is 11.5 Å². The van der Waals surface area contributed by atoms with Crippen LogP contribution in [-0.2, 0) is 9.59 Å². The van der Waals surface area contributed by atoms with Gasteiger partial charge in [0.15, 0.2) is 0 Å². The molecule has 0 fully saturated rings. The van der Waals surface area contributed by atoms with E-state index in [9.17, 15) is 9.59 Å². The van der Waals surface area contributed by atoms with E-state index in [1.165, 1.54) is 6.92 Å². The summed E-state index contributed by atoms with van der Waals surface area (Å²) in [6.07, 6.45) is 1.76. The van der Waals surface area contributed by atoms with Crippen molar-refractivity contribution >= 4 is 35.1 Å². The molecule has 4 aromatic rings. The third kappa shape index (κ3) is 5.08. The van der Waals surface area contributed by atoms with Crippen molar-refractivity contribution in [3.63, 3.8) is 0 Å². The summed E-state index contributed by atoms with van der Waals surface area (Å²) in [6.45, 7) is 1.45. The zero-order chi connectivity index (χ0) is 24.9. The number of carbonyl (C=O) groups is 2. The molecule has 6 nitrogen and oxygen atoms in total. The summed E-state index contributed by atoms with van der Waals surface area (Å²) in [6, 6.07) is 33.7. The molecule has 0 aliphatic carbocycles. The van der Waals surface area contributed by atoms with E-state index in [0.717, 1.165) is 16.9 Å². The van der Waals surface area contributed by atoms with Gasteiger partial charge in [0.2, 0.25) is 5.91 Å². The number of aliphatic imine (C=N–C) groups is 1. The average Bonchev–Trinajstić information content (AvgIpc) is 3.21. The van der Waals surface area contributed by atoms with Gasteiger partial charge in [-0.1, -0.05) is 60.7 Å². The standard InChI is InChI=1S/C30H23N3O3/c1-21(34)31-24-15-17-25(18-16-24)33-29(23-10-4-2-5-11-23)32-28(30(33)35)20-22-9-8-14-27(19-22)36-26-12-6-3-7-13-26/h2-20H,1H3,(H,31,34). The van der Waals surface area contributed by atoms with Gasteiger partial charge in [0.05, 0.1) is 5.69 Å². The second-order valence-corrected chi connectivity index (χ2v) is 8.19. The van der Waals surface area contributed by atoms with Crippen LogP contribution in [0.2, 0.25) is 0 Å². The van der Waals surface area contributed by atoms with Crippen molar-refractivity contribution < 1.29 is 14.3 Å². The highest BCUT2D eigenvalue weighted by Crippen LogP contribution is 2.30. The van der Waals surface area contributed by atoms with Crippen molar-refractivity contribution in [2.24, 2.45) is 4.99 Å². The number of para-hydroxylation sites is 1. The number of amidine groups is 1. The summed E-state index contributed by atoms with van der Waals surface area (Å²) in [5.41, 5.74) is 3.24. The molecule has 6 heteroatoms. The van der Waals surface area contributed by atoms with Crippen molar-refractivity contribution in [2.75, 3.05) is 10.2 Å². The van der Waals surface area contributed by atoms with Gasteiger partial charge in [0, 0.05) is 18.2 Å². The second kappa shape index (κ2) is 10.1. The van der Waals surface area contributed by atoms with Crippen LogP contribution >= 0.6 is 0 Å².